The van der Waals surface area contributed by atoms with Crippen molar-refractivity contribution in [2.45, 2.75) is 26.0 Å². The Morgan fingerprint density at radius 1 is 1.62 bits per heavy atom. The molecule has 3 N–H and O–H groups in total. The van der Waals surface area contributed by atoms with Gasteiger partial charge in [-0.15, -0.1) is 0 Å². The van der Waals surface area contributed by atoms with E-state index in [1.165, 1.54) is 0 Å². The zero-order chi connectivity index (χ0) is 15.4. The predicted octanol–water partition coefficient (Wildman–Crippen LogP) is 1.13. The fourth-order valence-electron chi connectivity index (χ4n) is 2.33. The molecular weight excluding hydrogens is 268 g/mol. The maximum absolute atomic E-state index is 12.3. The van der Waals surface area contributed by atoms with E-state index in [0.29, 0.717) is 25.4 Å². The summed E-state index contributed by atoms with van der Waals surface area (Å²) in [5, 5.41) is 11.8. The van der Waals surface area contributed by atoms with Crippen LogP contribution in [0.5, 0.6) is 0 Å². The van der Waals surface area contributed by atoms with Crippen molar-refractivity contribution in [3.8, 4) is 6.07 Å². The fourth-order valence-corrected chi connectivity index (χ4v) is 2.33. The molecule has 1 aliphatic rings. The molecule has 1 saturated heterocycles. The molecule has 0 radical (unpaired) electrons. The van der Waals surface area contributed by atoms with E-state index in [1.807, 2.05) is 24.8 Å². The average molecular weight is 288 g/mol. The smallest absolute Gasteiger partial charge is 0.241 e. The number of nitrogens with two attached hydrogens (primary N) is 1. The van der Waals surface area contributed by atoms with Gasteiger partial charge in [0.15, 0.2) is 6.10 Å². The summed E-state index contributed by atoms with van der Waals surface area (Å²) in [6, 6.07) is 7.14. The average Bonchev–Trinajstić information content (AvgIpc) is 2.49. The second-order valence-electron chi connectivity index (χ2n) is 5.22. The van der Waals surface area contributed by atoms with E-state index < -0.39 is 6.10 Å². The number of amides is 1. The van der Waals surface area contributed by atoms with Gasteiger partial charge in [-0.1, -0.05) is 0 Å². The Morgan fingerprint density at radius 3 is 3.05 bits per heavy atom. The number of rotatable bonds is 3. The van der Waals surface area contributed by atoms with Gasteiger partial charge in [0.05, 0.1) is 18.7 Å². The van der Waals surface area contributed by atoms with Crippen molar-refractivity contribution in [2.75, 3.05) is 30.7 Å². The number of carbonyl (C=O) groups is 1. The third-order valence-corrected chi connectivity index (χ3v) is 3.68. The zero-order valence-corrected chi connectivity index (χ0v) is 12.3. The summed E-state index contributed by atoms with van der Waals surface area (Å²) in [6.45, 7) is 5.30. The Balaban J connectivity index is 2.01. The number of carbonyl (C=O) groups excluding carboxylic acids is 1. The lowest BCUT2D eigenvalue weighted by atomic mass is 10.1. The van der Waals surface area contributed by atoms with Crippen molar-refractivity contribution in [1.29, 1.82) is 5.26 Å². The molecule has 6 heteroatoms. The number of nitrogens with one attached hydrogen (secondary N) is 1. The molecule has 112 valence electrons. The first-order valence-electron chi connectivity index (χ1n) is 6.93. The predicted molar refractivity (Wildman–Crippen MR) is 80.6 cm³/mol. The van der Waals surface area contributed by atoms with Gasteiger partial charge in [0.1, 0.15) is 0 Å². The monoisotopic (exact) mass is 288 g/mol. The summed E-state index contributed by atoms with van der Waals surface area (Å²) in [4.78, 5) is 14.3. The molecular formula is C15H20N4O2. The Labute approximate surface area is 124 Å². The maximum Gasteiger partial charge on any atom is 0.241 e. The largest absolute Gasteiger partial charge is 0.399 e. The molecule has 2 unspecified atom stereocenters. The highest BCUT2D eigenvalue weighted by molar-refractivity contribution is 5.95. The number of hydrogen-bond donors (Lipinski definition) is 2. The van der Waals surface area contributed by atoms with Crippen LogP contribution in [-0.4, -0.2) is 42.6 Å². The molecule has 1 aliphatic heterocycles. The van der Waals surface area contributed by atoms with E-state index in [9.17, 15) is 4.79 Å². The molecule has 0 spiro atoms. The van der Waals surface area contributed by atoms with Gasteiger partial charge in [-0.2, -0.15) is 5.26 Å². The lowest BCUT2D eigenvalue weighted by Crippen LogP contribution is -2.50. The maximum atomic E-state index is 12.3. The third kappa shape index (κ3) is 3.72. The van der Waals surface area contributed by atoms with Crippen molar-refractivity contribution in [3.05, 3.63) is 23.8 Å². The first kappa shape index (κ1) is 15.3. The molecule has 1 aromatic rings. The van der Waals surface area contributed by atoms with Crippen molar-refractivity contribution < 1.29 is 9.53 Å². The van der Waals surface area contributed by atoms with Crippen molar-refractivity contribution in [2.24, 2.45) is 0 Å². The molecule has 0 aromatic heterocycles. The van der Waals surface area contributed by atoms with Gasteiger partial charge in [-0.05, 0) is 37.6 Å². The number of nitriles is 1. The SMILES string of the molecule is Cc1cc(N)ccc1NC(=O)C(C)N1CCOC(C#N)C1. The number of hydrogen-bond acceptors (Lipinski definition) is 5. The molecule has 0 bridgehead atoms. The molecule has 0 aliphatic carbocycles. The number of ether oxygens (including phenoxy) is 1. The number of nitrogens with zero attached hydrogens (tertiary/aromatic N) is 2. The van der Waals surface area contributed by atoms with Gasteiger partial charge in [-0.25, -0.2) is 0 Å². The molecule has 21 heavy (non-hydrogen) atoms. The summed E-state index contributed by atoms with van der Waals surface area (Å²) >= 11 is 0. The second kappa shape index (κ2) is 6.57. The van der Waals surface area contributed by atoms with Crippen molar-refractivity contribution >= 4 is 17.3 Å². The standard InChI is InChI=1S/C15H20N4O2/c1-10-7-12(17)3-4-14(10)18-15(20)11(2)19-5-6-21-13(8-16)9-19/h3-4,7,11,13H,5-6,9,17H2,1-2H3,(H,18,20). The van der Waals surface area contributed by atoms with Crippen LogP contribution in [0.1, 0.15) is 12.5 Å². The minimum Gasteiger partial charge on any atom is -0.399 e. The van der Waals surface area contributed by atoms with Gasteiger partial charge in [0.2, 0.25) is 5.91 Å². The van der Waals surface area contributed by atoms with Gasteiger partial charge >= 0.3 is 0 Å². The van der Waals surface area contributed by atoms with Crippen LogP contribution in [0.2, 0.25) is 0 Å². The second-order valence-corrected chi connectivity index (χ2v) is 5.22. The Hall–Kier alpha value is -2.10. The molecule has 1 fully saturated rings. The summed E-state index contributed by atoms with van der Waals surface area (Å²) in [5.74, 6) is -0.0959. The minimum absolute atomic E-state index is 0.0959. The number of nitrogen functional groups attached to an aromatic ring is 1. The van der Waals surface area contributed by atoms with E-state index in [4.69, 9.17) is 15.7 Å². The van der Waals surface area contributed by atoms with Crippen LogP contribution in [0.4, 0.5) is 11.4 Å². The third-order valence-electron chi connectivity index (χ3n) is 3.68. The quantitative estimate of drug-likeness (QED) is 0.813. The summed E-state index contributed by atoms with van der Waals surface area (Å²) in [5.41, 5.74) is 8.05. The lowest BCUT2D eigenvalue weighted by molar-refractivity contribution is -0.123. The van der Waals surface area contributed by atoms with Crippen molar-refractivity contribution in [3.63, 3.8) is 0 Å². The topological polar surface area (TPSA) is 91.4 Å². The van der Waals surface area contributed by atoms with Crippen LogP contribution in [0, 0.1) is 18.3 Å². The molecule has 6 nitrogen and oxygen atoms in total. The van der Waals surface area contributed by atoms with Crippen LogP contribution < -0.4 is 11.1 Å². The Bertz CT molecular complexity index is 567. The number of morpholine rings is 1. The van der Waals surface area contributed by atoms with Crippen LogP contribution in [0.25, 0.3) is 0 Å². The first-order chi connectivity index (χ1) is 10.0. The van der Waals surface area contributed by atoms with Gasteiger partial charge < -0.3 is 15.8 Å². The Kier molecular flexibility index (Phi) is 4.78. The van der Waals surface area contributed by atoms with Crippen LogP contribution >= 0.6 is 0 Å². The molecule has 1 aromatic carbocycles. The van der Waals surface area contributed by atoms with E-state index in [1.54, 1.807) is 12.1 Å². The van der Waals surface area contributed by atoms with E-state index in [0.717, 1.165) is 11.3 Å². The molecule has 1 amide bonds. The summed E-state index contributed by atoms with van der Waals surface area (Å²) < 4.78 is 5.29. The molecule has 0 saturated carbocycles. The summed E-state index contributed by atoms with van der Waals surface area (Å²) in [7, 11) is 0. The normalized spacial score (nSPS) is 20.5. The number of aryl methyl sites for hydroxylation is 1. The zero-order valence-electron chi connectivity index (χ0n) is 12.3. The van der Waals surface area contributed by atoms with Crippen LogP contribution in [-0.2, 0) is 9.53 Å². The fraction of sp³-hybridized carbons (Fsp3) is 0.467. The van der Waals surface area contributed by atoms with E-state index in [-0.39, 0.29) is 11.9 Å². The first-order valence-corrected chi connectivity index (χ1v) is 6.93. The number of benzene rings is 1. The molecule has 2 rings (SSSR count). The van der Waals surface area contributed by atoms with Crippen molar-refractivity contribution in [1.82, 2.24) is 4.90 Å². The summed E-state index contributed by atoms with van der Waals surface area (Å²) in [6.07, 6.45) is -0.466. The minimum atomic E-state index is -0.466. The molecule has 1 heterocycles. The highest BCUT2D eigenvalue weighted by atomic mass is 16.5. The van der Waals surface area contributed by atoms with Gasteiger partial charge in [0.25, 0.3) is 0 Å². The van der Waals surface area contributed by atoms with E-state index >= 15 is 0 Å². The van der Waals surface area contributed by atoms with Crippen LogP contribution in [0.15, 0.2) is 18.2 Å². The van der Waals surface area contributed by atoms with Gasteiger partial charge in [-0.3, -0.25) is 9.69 Å². The highest BCUT2D eigenvalue weighted by Crippen LogP contribution is 2.18. The molecule has 2 atom stereocenters. The van der Waals surface area contributed by atoms with Crippen LogP contribution in [0.3, 0.4) is 0 Å². The van der Waals surface area contributed by atoms with E-state index in [2.05, 4.69) is 11.4 Å². The van der Waals surface area contributed by atoms with Gasteiger partial charge in [0, 0.05) is 24.5 Å². The number of anilines is 2. The lowest BCUT2D eigenvalue weighted by Gasteiger charge is -2.33. The highest BCUT2D eigenvalue weighted by Gasteiger charge is 2.27. The Morgan fingerprint density at radius 2 is 2.38 bits per heavy atom.